The molecule has 4 nitrogen and oxygen atoms in total. The normalized spacial score (nSPS) is 11.1. The maximum atomic E-state index is 11.7. The number of aliphatic carboxylic acids is 1. The molecule has 0 aliphatic heterocycles. The highest BCUT2D eigenvalue weighted by Crippen LogP contribution is 2.14. The van der Waals surface area contributed by atoms with Crippen LogP contribution in [-0.4, -0.2) is 17.0 Å². The third kappa shape index (κ3) is 16.8. The van der Waals surface area contributed by atoms with E-state index in [-0.39, 0.29) is 5.97 Å². The van der Waals surface area contributed by atoms with Gasteiger partial charge in [-0.1, -0.05) is 101 Å². The summed E-state index contributed by atoms with van der Waals surface area (Å²) in [5, 5.41) is 8.58. The molecular formula is C26H40O4. The van der Waals surface area contributed by atoms with Crippen LogP contribution in [0.2, 0.25) is 0 Å². The maximum absolute atomic E-state index is 11.7. The van der Waals surface area contributed by atoms with Crippen molar-refractivity contribution in [2.24, 2.45) is 0 Å². The Balaban J connectivity index is 1.78. The Hall–Kier alpha value is -2.10. The van der Waals surface area contributed by atoms with Crippen LogP contribution in [0.5, 0.6) is 5.75 Å². The molecule has 0 aromatic heterocycles. The molecule has 30 heavy (non-hydrogen) atoms. The van der Waals surface area contributed by atoms with Crippen LogP contribution in [0.15, 0.2) is 42.5 Å². The molecule has 0 bridgehead atoms. The zero-order chi connectivity index (χ0) is 21.7. The van der Waals surface area contributed by atoms with E-state index in [1.165, 1.54) is 76.7 Å². The summed E-state index contributed by atoms with van der Waals surface area (Å²) in [6, 6.07) is 9.15. The average Bonchev–Trinajstić information content (AvgIpc) is 2.73. The summed E-state index contributed by atoms with van der Waals surface area (Å²) >= 11 is 0. The number of hydrogen-bond acceptors (Lipinski definition) is 3. The molecule has 0 amide bonds. The monoisotopic (exact) mass is 416 g/mol. The van der Waals surface area contributed by atoms with E-state index in [4.69, 9.17) is 9.84 Å². The minimum Gasteiger partial charge on any atom is -0.481 e. The van der Waals surface area contributed by atoms with E-state index < -0.39 is 5.97 Å². The zero-order valence-electron chi connectivity index (χ0n) is 18.5. The highest BCUT2D eigenvalue weighted by molar-refractivity contribution is 5.83. The van der Waals surface area contributed by atoms with Crippen molar-refractivity contribution in [1.82, 2.24) is 0 Å². The summed E-state index contributed by atoms with van der Waals surface area (Å²) in [4.78, 5) is 22.1. The number of allylic oxidation sites excluding steroid dienone is 1. The number of carbonyl (C=O) groups excluding carboxylic acids is 1. The molecule has 0 unspecified atom stereocenters. The van der Waals surface area contributed by atoms with Crippen LogP contribution in [0.4, 0.5) is 0 Å². The number of carboxylic acids is 1. The first-order chi connectivity index (χ1) is 14.7. The largest absolute Gasteiger partial charge is 0.481 e. The lowest BCUT2D eigenvalue weighted by Gasteiger charge is -2.03. The summed E-state index contributed by atoms with van der Waals surface area (Å²) in [5.41, 5.74) is 0. The number of carboxylic acid groups (broad SMARTS) is 1. The Kier molecular flexibility index (Phi) is 16.3. The van der Waals surface area contributed by atoms with Crippen LogP contribution < -0.4 is 4.74 Å². The van der Waals surface area contributed by atoms with E-state index in [1.54, 1.807) is 12.1 Å². The summed E-state index contributed by atoms with van der Waals surface area (Å²) in [6.07, 6.45) is 21.9. The van der Waals surface area contributed by atoms with E-state index in [2.05, 4.69) is 0 Å². The van der Waals surface area contributed by atoms with Gasteiger partial charge in [-0.25, -0.2) is 4.79 Å². The van der Waals surface area contributed by atoms with Crippen molar-refractivity contribution < 1.29 is 19.4 Å². The predicted octanol–water partition coefficient (Wildman–Crippen LogP) is 7.47. The molecule has 0 aliphatic rings. The van der Waals surface area contributed by atoms with E-state index in [0.29, 0.717) is 12.2 Å². The smallest absolute Gasteiger partial charge is 0.335 e. The number of benzene rings is 1. The summed E-state index contributed by atoms with van der Waals surface area (Å²) < 4.78 is 5.21. The van der Waals surface area contributed by atoms with Crippen molar-refractivity contribution in [3.8, 4) is 5.75 Å². The standard InChI is InChI=1S/C26H40O4/c27-25(28)22-18-13-11-9-7-5-3-1-2-4-6-8-10-12-14-19-23-26(29)30-24-20-16-15-17-21-24/h15-17,19-21,23H,1-14,18,22H2,(H,27,28). The minimum absolute atomic E-state index is 0.306. The van der Waals surface area contributed by atoms with Crippen molar-refractivity contribution in [3.05, 3.63) is 42.5 Å². The van der Waals surface area contributed by atoms with Gasteiger partial charge in [0.2, 0.25) is 0 Å². The molecule has 0 atom stereocenters. The number of ether oxygens (including phenoxy) is 1. The molecule has 0 radical (unpaired) electrons. The minimum atomic E-state index is -0.673. The third-order valence-electron chi connectivity index (χ3n) is 5.23. The zero-order valence-corrected chi connectivity index (χ0v) is 18.5. The summed E-state index contributed by atoms with van der Waals surface area (Å²) in [6.45, 7) is 0. The lowest BCUT2D eigenvalue weighted by Crippen LogP contribution is -2.03. The number of para-hydroxylation sites is 1. The molecule has 0 saturated carbocycles. The van der Waals surface area contributed by atoms with Gasteiger partial charge in [-0.05, 0) is 31.4 Å². The molecule has 1 aromatic carbocycles. The fourth-order valence-corrected chi connectivity index (χ4v) is 3.48. The van der Waals surface area contributed by atoms with Gasteiger partial charge in [0.15, 0.2) is 0 Å². The SMILES string of the molecule is O=C(O)CCCCCCCCCCCCCCCCC=CC(=O)Oc1ccccc1. The fraction of sp³-hybridized carbons (Fsp3) is 0.615. The highest BCUT2D eigenvalue weighted by Gasteiger charge is 1.99. The molecule has 1 N–H and O–H groups in total. The van der Waals surface area contributed by atoms with E-state index in [9.17, 15) is 9.59 Å². The molecule has 1 rings (SSSR count). The molecule has 1 aromatic rings. The highest BCUT2D eigenvalue weighted by atomic mass is 16.5. The van der Waals surface area contributed by atoms with E-state index in [1.807, 2.05) is 24.3 Å². The second-order valence-electron chi connectivity index (χ2n) is 8.02. The lowest BCUT2D eigenvalue weighted by atomic mass is 10.0. The Morgan fingerprint density at radius 1 is 0.700 bits per heavy atom. The van der Waals surface area contributed by atoms with Gasteiger partial charge in [-0.15, -0.1) is 0 Å². The first-order valence-electron chi connectivity index (χ1n) is 11.8. The van der Waals surface area contributed by atoms with E-state index in [0.717, 1.165) is 25.7 Å². The van der Waals surface area contributed by atoms with Gasteiger partial charge in [0, 0.05) is 12.5 Å². The van der Waals surface area contributed by atoms with Crippen LogP contribution >= 0.6 is 0 Å². The third-order valence-corrected chi connectivity index (χ3v) is 5.23. The molecule has 0 heterocycles. The Bertz CT molecular complexity index is 580. The van der Waals surface area contributed by atoms with Crippen molar-refractivity contribution in [1.29, 1.82) is 0 Å². The maximum Gasteiger partial charge on any atom is 0.335 e. The molecule has 168 valence electrons. The molecule has 0 aliphatic carbocycles. The number of hydrogen-bond donors (Lipinski definition) is 1. The Morgan fingerprint density at radius 3 is 1.67 bits per heavy atom. The van der Waals surface area contributed by atoms with E-state index >= 15 is 0 Å². The van der Waals surface area contributed by atoms with Crippen LogP contribution in [0.3, 0.4) is 0 Å². The molecular weight excluding hydrogens is 376 g/mol. The van der Waals surface area contributed by atoms with Crippen LogP contribution in [0, 0.1) is 0 Å². The second-order valence-corrected chi connectivity index (χ2v) is 8.02. The topological polar surface area (TPSA) is 63.6 Å². The van der Waals surface area contributed by atoms with Gasteiger partial charge in [0.25, 0.3) is 0 Å². The van der Waals surface area contributed by atoms with Gasteiger partial charge in [0.1, 0.15) is 5.75 Å². The van der Waals surface area contributed by atoms with Gasteiger partial charge < -0.3 is 9.84 Å². The van der Waals surface area contributed by atoms with Gasteiger partial charge in [-0.2, -0.15) is 0 Å². The van der Waals surface area contributed by atoms with Gasteiger partial charge >= 0.3 is 11.9 Å². The van der Waals surface area contributed by atoms with Crippen LogP contribution in [0.25, 0.3) is 0 Å². The van der Waals surface area contributed by atoms with Crippen LogP contribution in [-0.2, 0) is 9.59 Å². The van der Waals surface area contributed by atoms with Crippen molar-refractivity contribution in [2.45, 2.75) is 103 Å². The quantitative estimate of drug-likeness (QED) is 0.110. The first-order valence-corrected chi connectivity index (χ1v) is 11.8. The van der Waals surface area contributed by atoms with Crippen molar-refractivity contribution in [2.75, 3.05) is 0 Å². The fourth-order valence-electron chi connectivity index (χ4n) is 3.48. The average molecular weight is 417 g/mol. The lowest BCUT2D eigenvalue weighted by molar-refractivity contribution is -0.137. The predicted molar refractivity (Wildman–Crippen MR) is 123 cm³/mol. The first kappa shape index (κ1) is 25.9. The molecule has 0 saturated heterocycles. The number of esters is 1. The number of unbranched alkanes of at least 4 members (excludes halogenated alkanes) is 14. The van der Waals surface area contributed by atoms with Crippen molar-refractivity contribution in [3.63, 3.8) is 0 Å². The summed E-state index contributed by atoms with van der Waals surface area (Å²) in [5.74, 6) is -0.396. The van der Waals surface area contributed by atoms with Gasteiger partial charge in [0.05, 0.1) is 0 Å². The van der Waals surface area contributed by atoms with Crippen molar-refractivity contribution >= 4 is 11.9 Å². The Morgan fingerprint density at radius 2 is 1.17 bits per heavy atom. The molecule has 0 fully saturated rings. The van der Waals surface area contributed by atoms with Gasteiger partial charge in [-0.3, -0.25) is 4.79 Å². The Labute approximate surface area is 182 Å². The number of rotatable bonds is 19. The summed E-state index contributed by atoms with van der Waals surface area (Å²) in [7, 11) is 0. The molecule has 4 heteroatoms. The number of carbonyl (C=O) groups is 2. The second kappa shape index (κ2) is 18.9. The molecule has 0 spiro atoms. The van der Waals surface area contributed by atoms with Crippen LogP contribution in [0.1, 0.15) is 103 Å².